The van der Waals surface area contributed by atoms with Gasteiger partial charge in [0.1, 0.15) is 0 Å². The number of nitrogens with zero attached hydrogens (tertiary/aromatic N) is 1. The van der Waals surface area contributed by atoms with Crippen LogP contribution in [0.5, 0.6) is 11.8 Å². The number of aromatic hydroxyl groups is 2. The fourth-order valence-electron chi connectivity index (χ4n) is 4.60. The third-order valence-electron chi connectivity index (χ3n) is 5.68. The molecular formula is C19H18ClNO3S. The second-order valence-electron chi connectivity index (χ2n) is 7.46. The molecule has 3 aromatic rings. The number of benzene rings is 1. The van der Waals surface area contributed by atoms with Crippen molar-refractivity contribution < 1.29 is 14.9 Å². The number of halogens is 1. The minimum Gasteiger partial charge on any atom is -0.494 e. The van der Waals surface area contributed by atoms with Gasteiger partial charge in [0.05, 0.1) is 37.7 Å². The molecule has 4 nitrogen and oxygen atoms in total. The van der Waals surface area contributed by atoms with Gasteiger partial charge < -0.3 is 14.9 Å². The lowest BCUT2D eigenvalue weighted by atomic mass is 9.80. The van der Waals surface area contributed by atoms with Crippen molar-refractivity contribution in [2.24, 2.45) is 0 Å². The zero-order valence-corrected chi connectivity index (χ0v) is 15.8. The number of hydrogen-bond donors (Lipinski definition) is 2. The molecule has 4 heterocycles. The van der Waals surface area contributed by atoms with E-state index < -0.39 is 11.2 Å². The Balaban J connectivity index is 1.86. The van der Waals surface area contributed by atoms with E-state index in [0.717, 1.165) is 33.5 Å². The molecule has 2 aliphatic heterocycles. The van der Waals surface area contributed by atoms with Gasteiger partial charge in [0.2, 0.25) is 11.8 Å². The molecule has 0 saturated carbocycles. The van der Waals surface area contributed by atoms with Gasteiger partial charge in [-0.2, -0.15) is 0 Å². The molecule has 2 atom stereocenters. The third kappa shape index (κ3) is 1.76. The van der Waals surface area contributed by atoms with Crippen molar-refractivity contribution in [3.8, 4) is 17.4 Å². The lowest BCUT2D eigenvalue weighted by Gasteiger charge is -2.21. The molecule has 2 N–H and O–H groups in total. The quantitative estimate of drug-likeness (QED) is 0.605. The maximum absolute atomic E-state index is 11.0. The van der Waals surface area contributed by atoms with Gasteiger partial charge in [-0.15, -0.1) is 11.3 Å². The maximum atomic E-state index is 11.0. The Morgan fingerprint density at radius 2 is 1.72 bits per heavy atom. The minimum absolute atomic E-state index is 0.0610. The van der Waals surface area contributed by atoms with Crippen molar-refractivity contribution in [1.29, 1.82) is 0 Å². The summed E-state index contributed by atoms with van der Waals surface area (Å²) in [4.78, 5) is 1.13. The molecule has 5 rings (SSSR count). The predicted molar refractivity (Wildman–Crippen MR) is 99.3 cm³/mol. The highest BCUT2D eigenvalue weighted by Crippen LogP contribution is 2.64. The highest BCUT2D eigenvalue weighted by atomic mass is 35.5. The van der Waals surface area contributed by atoms with Crippen molar-refractivity contribution in [1.82, 2.24) is 4.57 Å². The van der Waals surface area contributed by atoms with E-state index in [4.69, 9.17) is 16.3 Å². The molecule has 2 aromatic heterocycles. The van der Waals surface area contributed by atoms with Crippen molar-refractivity contribution >= 4 is 33.0 Å². The summed E-state index contributed by atoms with van der Waals surface area (Å²) in [6.45, 7) is 6.00. The number of aromatic nitrogens is 1. The normalized spacial score (nSPS) is 27.4. The molecule has 1 aromatic carbocycles. The van der Waals surface area contributed by atoms with E-state index in [-0.39, 0.29) is 11.8 Å². The molecule has 6 heteroatoms. The number of rotatable bonds is 1. The van der Waals surface area contributed by atoms with Crippen LogP contribution in [0.15, 0.2) is 18.2 Å². The van der Waals surface area contributed by atoms with Crippen molar-refractivity contribution in [2.45, 2.75) is 44.8 Å². The lowest BCUT2D eigenvalue weighted by molar-refractivity contribution is -0.0683. The molecule has 2 bridgehead atoms. The van der Waals surface area contributed by atoms with E-state index in [2.05, 4.69) is 0 Å². The molecule has 0 aliphatic carbocycles. The first-order valence-corrected chi connectivity index (χ1v) is 9.51. The third-order valence-corrected chi connectivity index (χ3v) is 7.20. The zero-order chi connectivity index (χ0) is 17.7. The fourth-order valence-corrected chi connectivity index (χ4v) is 5.82. The average Bonchev–Trinajstić information content (AvgIpc) is 3.21. The Bertz CT molecular complexity index is 1030. The second kappa shape index (κ2) is 4.53. The van der Waals surface area contributed by atoms with Crippen molar-refractivity contribution in [3.05, 3.63) is 39.2 Å². The van der Waals surface area contributed by atoms with Gasteiger partial charge in [-0.1, -0.05) is 11.6 Å². The molecule has 1 fully saturated rings. The molecule has 1 saturated heterocycles. The largest absolute Gasteiger partial charge is 0.494 e. The van der Waals surface area contributed by atoms with Gasteiger partial charge in [0, 0.05) is 10.3 Å². The van der Waals surface area contributed by atoms with Crippen LogP contribution in [0.4, 0.5) is 0 Å². The molecule has 130 valence electrons. The Hall–Kier alpha value is -1.69. The average molecular weight is 376 g/mol. The number of hydrogen-bond acceptors (Lipinski definition) is 4. The van der Waals surface area contributed by atoms with Crippen molar-refractivity contribution in [2.75, 3.05) is 0 Å². The molecule has 0 amide bonds. The summed E-state index contributed by atoms with van der Waals surface area (Å²) in [6.07, 6.45) is 1.67. The standard InChI is InChI=1S/C19H18ClNO3S/c1-9-8-10-12(5-4-11(20)15(10)25-9)21-16(22)13-14(17(21)23)19(3)7-6-18(13,2)24-19/h4-5,8,22-23H,6-7H2,1-3H3/t18-,19+. The van der Waals surface area contributed by atoms with E-state index in [1.807, 2.05) is 39.0 Å². The Morgan fingerprint density at radius 3 is 2.32 bits per heavy atom. The van der Waals surface area contributed by atoms with Crippen LogP contribution in [0.2, 0.25) is 5.02 Å². The summed E-state index contributed by atoms with van der Waals surface area (Å²) in [6, 6.07) is 5.70. The minimum atomic E-state index is -0.549. The zero-order valence-electron chi connectivity index (χ0n) is 14.2. The van der Waals surface area contributed by atoms with Gasteiger partial charge >= 0.3 is 0 Å². The highest BCUT2D eigenvalue weighted by Gasteiger charge is 2.59. The number of thiophene rings is 1. The first-order chi connectivity index (χ1) is 11.8. The molecule has 2 aliphatic rings. The van der Waals surface area contributed by atoms with E-state index in [1.54, 1.807) is 15.9 Å². The van der Waals surface area contributed by atoms with E-state index >= 15 is 0 Å². The van der Waals surface area contributed by atoms with E-state index in [1.165, 1.54) is 0 Å². The van der Waals surface area contributed by atoms with Crippen LogP contribution in [0.3, 0.4) is 0 Å². The predicted octanol–water partition coefficient (Wildman–Crippen LogP) is 5.32. The maximum Gasteiger partial charge on any atom is 0.205 e. The fraction of sp³-hybridized carbons (Fsp3) is 0.368. The van der Waals surface area contributed by atoms with Crippen LogP contribution in [-0.4, -0.2) is 14.8 Å². The second-order valence-corrected chi connectivity index (χ2v) is 9.13. The first-order valence-electron chi connectivity index (χ1n) is 8.32. The van der Waals surface area contributed by atoms with Gasteiger partial charge in [-0.3, -0.25) is 4.57 Å². The number of fused-ring (bicyclic) bond motifs is 6. The molecule has 0 spiro atoms. The summed E-state index contributed by atoms with van der Waals surface area (Å²) in [7, 11) is 0. The molecule has 0 radical (unpaired) electrons. The Labute approximate surface area is 154 Å². The highest BCUT2D eigenvalue weighted by molar-refractivity contribution is 7.19. The topological polar surface area (TPSA) is 54.6 Å². The van der Waals surface area contributed by atoms with E-state index in [0.29, 0.717) is 16.1 Å². The lowest BCUT2D eigenvalue weighted by Crippen LogP contribution is -2.17. The van der Waals surface area contributed by atoms with Crippen LogP contribution in [0.1, 0.15) is 42.7 Å². The monoisotopic (exact) mass is 375 g/mol. The summed E-state index contributed by atoms with van der Waals surface area (Å²) in [5, 5.41) is 23.6. The smallest absolute Gasteiger partial charge is 0.205 e. The summed E-state index contributed by atoms with van der Waals surface area (Å²) < 4.78 is 8.67. The van der Waals surface area contributed by atoms with Crippen LogP contribution in [0.25, 0.3) is 15.8 Å². The van der Waals surface area contributed by atoms with Gasteiger partial charge in [0.15, 0.2) is 0 Å². The summed E-state index contributed by atoms with van der Waals surface area (Å²) >= 11 is 7.95. The Kier molecular flexibility index (Phi) is 2.82. The number of ether oxygens (including phenoxy) is 1. The van der Waals surface area contributed by atoms with Gasteiger partial charge in [-0.05, 0) is 51.8 Å². The van der Waals surface area contributed by atoms with Crippen LogP contribution >= 0.6 is 22.9 Å². The molecule has 25 heavy (non-hydrogen) atoms. The Morgan fingerprint density at radius 1 is 1.12 bits per heavy atom. The molecule has 0 unspecified atom stereocenters. The van der Waals surface area contributed by atoms with Crippen LogP contribution in [-0.2, 0) is 15.9 Å². The van der Waals surface area contributed by atoms with Crippen LogP contribution in [0, 0.1) is 6.92 Å². The molecular weight excluding hydrogens is 358 g/mol. The van der Waals surface area contributed by atoms with Crippen LogP contribution < -0.4 is 0 Å². The van der Waals surface area contributed by atoms with Gasteiger partial charge in [-0.25, -0.2) is 0 Å². The first kappa shape index (κ1) is 15.6. The van der Waals surface area contributed by atoms with E-state index in [9.17, 15) is 10.2 Å². The number of aryl methyl sites for hydroxylation is 1. The van der Waals surface area contributed by atoms with Crippen molar-refractivity contribution in [3.63, 3.8) is 0 Å². The van der Waals surface area contributed by atoms with Gasteiger partial charge in [0.25, 0.3) is 0 Å². The SMILES string of the molecule is Cc1cc2c(-n3c(O)c4c(c3O)[C@]3(C)CC[C@@]4(C)O3)ccc(Cl)c2s1. The summed E-state index contributed by atoms with van der Waals surface area (Å²) in [5.74, 6) is 0.122. The summed E-state index contributed by atoms with van der Waals surface area (Å²) in [5.41, 5.74) is 1.07.